The Morgan fingerprint density at radius 2 is 2.03 bits per heavy atom. The minimum absolute atomic E-state index is 0.0399. The topological polar surface area (TPSA) is 146 Å². The van der Waals surface area contributed by atoms with Crippen molar-refractivity contribution in [1.29, 1.82) is 0 Å². The van der Waals surface area contributed by atoms with Gasteiger partial charge in [0.2, 0.25) is 5.88 Å². The molecule has 1 atom stereocenters. The molecule has 1 spiro atoms. The fourth-order valence-electron chi connectivity index (χ4n) is 3.62. The van der Waals surface area contributed by atoms with Crippen molar-refractivity contribution in [1.82, 2.24) is 9.97 Å². The van der Waals surface area contributed by atoms with Crippen molar-refractivity contribution in [3.8, 4) is 5.88 Å². The van der Waals surface area contributed by atoms with Gasteiger partial charge in [-0.15, -0.1) is 0 Å². The number of ether oxygens (including phenoxy) is 2. The van der Waals surface area contributed by atoms with Gasteiger partial charge in [-0.1, -0.05) is 6.07 Å². The first-order chi connectivity index (χ1) is 14.6. The van der Waals surface area contributed by atoms with Crippen LogP contribution in [0.15, 0.2) is 35.6 Å². The molecule has 164 valence electrons. The summed E-state index contributed by atoms with van der Waals surface area (Å²) in [5.74, 6) is -0.360. The molecule has 0 aliphatic carbocycles. The standard InChI is InChI=1S/C20H23N5O5S/c1-19(2)18(21)25-20(11-31(19,27)28)10-30-9-12-4-5-13(6-14(12)20)24-17(26)15-7-23-16(29-3)8-22-15/h4-8H,9-11H2,1-3H3,(H2,21,25)(H,24,26)/t20-/m0/s1. The summed E-state index contributed by atoms with van der Waals surface area (Å²) < 4.78 is 35.3. The van der Waals surface area contributed by atoms with E-state index in [0.29, 0.717) is 23.7 Å². The highest BCUT2D eigenvalue weighted by atomic mass is 32.2. The van der Waals surface area contributed by atoms with Crippen LogP contribution in [-0.4, -0.2) is 54.3 Å². The highest BCUT2D eigenvalue weighted by Gasteiger charge is 2.52. The zero-order chi connectivity index (χ0) is 22.4. The molecule has 0 saturated heterocycles. The van der Waals surface area contributed by atoms with E-state index in [2.05, 4.69) is 20.3 Å². The Balaban J connectivity index is 1.70. The SMILES string of the molecule is COc1cnc(C(=O)Nc2ccc3c(c2)[C@]2(COC3)CS(=O)(=O)C(C)(C)C(N)=N2)cn1. The molecule has 0 saturated carbocycles. The molecule has 1 aromatic heterocycles. The number of nitrogens with one attached hydrogen (secondary N) is 1. The van der Waals surface area contributed by atoms with E-state index in [1.165, 1.54) is 19.5 Å². The number of aromatic nitrogens is 2. The van der Waals surface area contributed by atoms with Gasteiger partial charge in [-0.2, -0.15) is 0 Å². The number of methoxy groups -OCH3 is 1. The lowest BCUT2D eigenvalue weighted by Crippen LogP contribution is -2.57. The Bertz CT molecular complexity index is 1180. The van der Waals surface area contributed by atoms with Gasteiger partial charge in [-0.05, 0) is 37.1 Å². The molecule has 0 fully saturated rings. The van der Waals surface area contributed by atoms with Crippen LogP contribution in [0, 0.1) is 0 Å². The maximum Gasteiger partial charge on any atom is 0.275 e. The van der Waals surface area contributed by atoms with Crippen molar-refractivity contribution < 1.29 is 22.7 Å². The zero-order valence-electron chi connectivity index (χ0n) is 17.4. The van der Waals surface area contributed by atoms with Gasteiger partial charge in [0.1, 0.15) is 21.8 Å². The molecule has 0 bridgehead atoms. The number of benzene rings is 1. The van der Waals surface area contributed by atoms with Crippen LogP contribution in [0.2, 0.25) is 0 Å². The fraction of sp³-hybridized carbons (Fsp3) is 0.400. The number of aliphatic imine (C=N–C) groups is 1. The van der Waals surface area contributed by atoms with E-state index in [9.17, 15) is 13.2 Å². The van der Waals surface area contributed by atoms with E-state index < -0.39 is 26.0 Å². The third-order valence-corrected chi connectivity index (χ3v) is 8.32. The molecule has 0 radical (unpaired) electrons. The van der Waals surface area contributed by atoms with Crippen LogP contribution in [0.25, 0.3) is 0 Å². The summed E-state index contributed by atoms with van der Waals surface area (Å²) in [4.78, 5) is 25.2. The number of rotatable bonds is 3. The summed E-state index contributed by atoms with van der Waals surface area (Å²) in [6.07, 6.45) is 2.66. The third kappa shape index (κ3) is 3.53. The summed E-state index contributed by atoms with van der Waals surface area (Å²) in [5.41, 5.74) is 6.97. The van der Waals surface area contributed by atoms with Crippen LogP contribution in [0.3, 0.4) is 0 Å². The Hall–Kier alpha value is -3.05. The van der Waals surface area contributed by atoms with Crippen molar-refractivity contribution in [3.63, 3.8) is 0 Å². The molecule has 1 amide bonds. The van der Waals surface area contributed by atoms with Gasteiger partial charge in [-0.3, -0.25) is 9.79 Å². The number of amidine groups is 1. The lowest BCUT2D eigenvalue weighted by molar-refractivity contribution is 0.0610. The number of amides is 1. The third-order valence-electron chi connectivity index (χ3n) is 5.70. The molecule has 4 rings (SSSR count). The van der Waals surface area contributed by atoms with E-state index in [4.69, 9.17) is 15.2 Å². The monoisotopic (exact) mass is 445 g/mol. The number of carbonyl (C=O) groups excluding carboxylic acids is 1. The summed E-state index contributed by atoms with van der Waals surface area (Å²) in [6.45, 7) is 3.49. The van der Waals surface area contributed by atoms with E-state index in [0.717, 1.165) is 5.56 Å². The minimum atomic E-state index is -3.60. The van der Waals surface area contributed by atoms with Gasteiger partial charge in [-0.25, -0.2) is 18.4 Å². The Morgan fingerprint density at radius 3 is 2.68 bits per heavy atom. The Kier molecular flexibility index (Phi) is 4.97. The van der Waals surface area contributed by atoms with Crippen LogP contribution in [0.4, 0.5) is 5.69 Å². The highest BCUT2D eigenvalue weighted by Crippen LogP contribution is 2.42. The number of anilines is 1. The van der Waals surface area contributed by atoms with Gasteiger partial charge in [0.25, 0.3) is 5.91 Å². The quantitative estimate of drug-likeness (QED) is 0.712. The van der Waals surface area contributed by atoms with Gasteiger partial charge in [0, 0.05) is 5.69 Å². The summed E-state index contributed by atoms with van der Waals surface area (Å²) in [5, 5.41) is 2.76. The van der Waals surface area contributed by atoms with E-state index in [-0.39, 0.29) is 23.9 Å². The zero-order valence-corrected chi connectivity index (χ0v) is 18.2. The number of hydrogen-bond donors (Lipinski definition) is 2. The first kappa shape index (κ1) is 21.2. The number of nitrogens with two attached hydrogens (primary N) is 1. The number of nitrogens with zero attached hydrogens (tertiary/aromatic N) is 3. The normalized spacial score (nSPS) is 23.5. The number of fused-ring (bicyclic) bond motifs is 2. The molecule has 2 aliphatic rings. The number of carbonyl (C=O) groups is 1. The van der Waals surface area contributed by atoms with E-state index >= 15 is 0 Å². The number of sulfone groups is 1. The molecule has 10 nitrogen and oxygen atoms in total. The van der Waals surface area contributed by atoms with Crippen molar-refractivity contribution >= 4 is 27.3 Å². The average Bonchev–Trinajstić information content (AvgIpc) is 2.73. The van der Waals surface area contributed by atoms with Crippen LogP contribution < -0.4 is 15.8 Å². The largest absolute Gasteiger partial charge is 0.480 e. The fourth-order valence-corrected chi connectivity index (χ4v) is 5.28. The van der Waals surface area contributed by atoms with E-state index in [1.54, 1.807) is 32.0 Å². The molecule has 31 heavy (non-hydrogen) atoms. The molecule has 3 N–H and O–H groups in total. The van der Waals surface area contributed by atoms with Crippen LogP contribution in [-0.2, 0) is 26.7 Å². The van der Waals surface area contributed by atoms with E-state index in [1.807, 2.05) is 0 Å². The van der Waals surface area contributed by atoms with Gasteiger partial charge in [0.15, 0.2) is 9.84 Å². The lowest BCUT2D eigenvalue weighted by Gasteiger charge is -2.42. The van der Waals surface area contributed by atoms with Crippen molar-refractivity contribution in [2.24, 2.45) is 10.7 Å². The molecule has 1 aromatic carbocycles. The van der Waals surface area contributed by atoms with Crippen molar-refractivity contribution in [3.05, 3.63) is 47.4 Å². The smallest absolute Gasteiger partial charge is 0.275 e. The second-order valence-electron chi connectivity index (χ2n) is 8.06. The van der Waals surface area contributed by atoms with Gasteiger partial charge < -0.3 is 20.5 Å². The van der Waals surface area contributed by atoms with Gasteiger partial charge >= 0.3 is 0 Å². The van der Waals surface area contributed by atoms with Crippen LogP contribution in [0.1, 0.15) is 35.5 Å². The van der Waals surface area contributed by atoms with Crippen molar-refractivity contribution in [2.75, 3.05) is 24.8 Å². The first-order valence-electron chi connectivity index (χ1n) is 9.55. The van der Waals surface area contributed by atoms with Gasteiger partial charge in [0.05, 0.1) is 38.5 Å². The highest BCUT2D eigenvalue weighted by molar-refractivity contribution is 7.93. The minimum Gasteiger partial charge on any atom is -0.480 e. The van der Waals surface area contributed by atoms with Crippen LogP contribution in [0.5, 0.6) is 5.88 Å². The summed E-state index contributed by atoms with van der Waals surface area (Å²) in [6, 6.07) is 5.21. The second-order valence-corrected chi connectivity index (χ2v) is 10.6. The Morgan fingerprint density at radius 1 is 1.26 bits per heavy atom. The molecule has 11 heteroatoms. The number of hydrogen-bond acceptors (Lipinski definition) is 9. The second kappa shape index (κ2) is 7.27. The molecule has 0 unspecified atom stereocenters. The predicted octanol–water partition coefficient (Wildman–Crippen LogP) is 1.03. The predicted molar refractivity (Wildman–Crippen MR) is 114 cm³/mol. The van der Waals surface area contributed by atoms with Crippen LogP contribution >= 0.6 is 0 Å². The molecular weight excluding hydrogens is 422 g/mol. The summed E-state index contributed by atoms with van der Waals surface area (Å²) in [7, 11) is -2.14. The molecule has 2 aromatic rings. The Labute approximate surface area is 179 Å². The lowest BCUT2D eigenvalue weighted by atomic mass is 9.86. The maximum atomic E-state index is 13.0. The van der Waals surface area contributed by atoms with Crippen molar-refractivity contribution in [2.45, 2.75) is 30.7 Å². The summed E-state index contributed by atoms with van der Waals surface area (Å²) >= 11 is 0. The first-order valence-corrected chi connectivity index (χ1v) is 11.2. The molecule has 3 heterocycles. The maximum absolute atomic E-state index is 13.0. The average molecular weight is 446 g/mol. The molecular formula is C20H23N5O5S. The molecule has 2 aliphatic heterocycles.